The van der Waals surface area contributed by atoms with E-state index >= 15 is 0 Å². The monoisotopic (exact) mass is 246 g/mol. The van der Waals surface area contributed by atoms with E-state index in [0.717, 1.165) is 5.69 Å². The number of rotatable bonds is 2. The number of hydrogen-bond donors (Lipinski definition) is 1. The summed E-state index contributed by atoms with van der Waals surface area (Å²) in [5.41, 5.74) is 6.97. The molecule has 0 saturated heterocycles. The van der Waals surface area contributed by atoms with E-state index in [9.17, 15) is 4.21 Å². The van der Waals surface area contributed by atoms with Crippen molar-refractivity contribution in [3.05, 3.63) is 54.6 Å². The summed E-state index contributed by atoms with van der Waals surface area (Å²) in [6.45, 7) is 0. The van der Waals surface area contributed by atoms with Crippen LogP contribution in [0.25, 0.3) is 0 Å². The molecule has 0 spiro atoms. The standard InChI is InChI=1S/C13H14N2OS/c1-17(16,13-9-7-11(14)8-10-13)15-12-5-3-2-4-6-12/h2-10H,14H2,1H3/t17-/m0/s1. The third kappa shape index (κ3) is 2.85. The minimum Gasteiger partial charge on any atom is -0.399 e. The van der Waals surface area contributed by atoms with E-state index in [1.807, 2.05) is 30.3 Å². The van der Waals surface area contributed by atoms with E-state index in [2.05, 4.69) is 4.36 Å². The van der Waals surface area contributed by atoms with Crippen LogP contribution in [0.1, 0.15) is 0 Å². The maximum absolute atomic E-state index is 12.5. The topological polar surface area (TPSA) is 55.5 Å². The Morgan fingerprint density at radius 1 is 1.00 bits per heavy atom. The summed E-state index contributed by atoms with van der Waals surface area (Å²) in [4.78, 5) is 0.690. The van der Waals surface area contributed by atoms with Crippen molar-refractivity contribution in [3.63, 3.8) is 0 Å². The van der Waals surface area contributed by atoms with Crippen molar-refractivity contribution in [2.24, 2.45) is 4.36 Å². The molecule has 2 aromatic rings. The molecule has 4 heteroatoms. The first-order valence-corrected chi connectivity index (χ1v) is 7.13. The van der Waals surface area contributed by atoms with Gasteiger partial charge in [-0.05, 0) is 36.4 Å². The molecule has 0 amide bonds. The molecule has 0 fully saturated rings. The maximum atomic E-state index is 12.5. The molecule has 0 aliphatic heterocycles. The van der Waals surface area contributed by atoms with Crippen molar-refractivity contribution in [2.75, 3.05) is 12.0 Å². The third-order valence-corrected chi connectivity index (χ3v) is 4.06. The van der Waals surface area contributed by atoms with E-state index in [1.165, 1.54) is 0 Å². The second-order valence-electron chi connectivity index (χ2n) is 3.80. The first-order valence-electron chi connectivity index (χ1n) is 5.21. The molecule has 3 nitrogen and oxygen atoms in total. The summed E-state index contributed by atoms with van der Waals surface area (Å²) in [6.07, 6.45) is 1.63. The van der Waals surface area contributed by atoms with Gasteiger partial charge in [-0.2, -0.15) is 4.36 Å². The minimum atomic E-state index is -2.41. The van der Waals surface area contributed by atoms with Crippen molar-refractivity contribution in [2.45, 2.75) is 4.90 Å². The molecule has 0 unspecified atom stereocenters. The van der Waals surface area contributed by atoms with Crippen molar-refractivity contribution >= 4 is 21.1 Å². The van der Waals surface area contributed by atoms with Crippen LogP contribution in [0.15, 0.2) is 63.9 Å². The van der Waals surface area contributed by atoms with Gasteiger partial charge < -0.3 is 5.73 Å². The second-order valence-corrected chi connectivity index (χ2v) is 6.06. The van der Waals surface area contributed by atoms with Crippen molar-refractivity contribution in [3.8, 4) is 0 Å². The quantitative estimate of drug-likeness (QED) is 0.828. The number of nitrogens with two attached hydrogens (primary N) is 1. The molecular formula is C13H14N2OS. The fourth-order valence-electron chi connectivity index (χ4n) is 1.46. The predicted molar refractivity (Wildman–Crippen MR) is 71.7 cm³/mol. The van der Waals surface area contributed by atoms with E-state index < -0.39 is 9.73 Å². The minimum absolute atomic E-state index is 0.656. The molecule has 0 bridgehead atoms. The van der Waals surface area contributed by atoms with Crippen LogP contribution in [0.4, 0.5) is 11.4 Å². The van der Waals surface area contributed by atoms with Gasteiger partial charge in [-0.3, -0.25) is 0 Å². The van der Waals surface area contributed by atoms with Crippen LogP contribution in [-0.4, -0.2) is 10.5 Å². The van der Waals surface area contributed by atoms with Crippen molar-refractivity contribution in [1.82, 2.24) is 0 Å². The normalized spacial score (nSPS) is 13.9. The Balaban J connectivity index is 2.46. The van der Waals surface area contributed by atoms with Gasteiger partial charge in [0.05, 0.1) is 15.4 Å². The van der Waals surface area contributed by atoms with Gasteiger partial charge in [-0.15, -0.1) is 0 Å². The van der Waals surface area contributed by atoms with E-state index in [0.29, 0.717) is 10.6 Å². The summed E-state index contributed by atoms with van der Waals surface area (Å²) >= 11 is 0. The molecule has 17 heavy (non-hydrogen) atoms. The van der Waals surface area contributed by atoms with Gasteiger partial charge in [0.1, 0.15) is 0 Å². The van der Waals surface area contributed by atoms with Gasteiger partial charge >= 0.3 is 0 Å². The van der Waals surface area contributed by atoms with Gasteiger partial charge in [-0.25, -0.2) is 4.21 Å². The molecule has 0 aromatic heterocycles. The molecule has 2 N–H and O–H groups in total. The number of nitrogens with zero attached hydrogens (tertiary/aromatic N) is 1. The lowest BCUT2D eigenvalue weighted by atomic mass is 10.3. The molecule has 88 valence electrons. The molecule has 1 atom stereocenters. The third-order valence-electron chi connectivity index (χ3n) is 2.35. The van der Waals surface area contributed by atoms with Gasteiger partial charge in [0.2, 0.25) is 0 Å². The molecule has 0 radical (unpaired) electrons. The van der Waals surface area contributed by atoms with Crippen LogP contribution in [0.5, 0.6) is 0 Å². The highest BCUT2D eigenvalue weighted by atomic mass is 32.2. The Morgan fingerprint density at radius 2 is 1.59 bits per heavy atom. The van der Waals surface area contributed by atoms with E-state index in [-0.39, 0.29) is 0 Å². The average molecular weight is 246 g/mol. The molecule has 0 aliphatic carbocycles. The van der Waals surface area contributed by atoms with Crippen molar-refractivity contribution in [1.29, 1.82) is 0 Å². The van der Waals surface area contributed by atoms with E-state index in [4.69, 9.17) is 5.73 Å². The molecule has 0 heterocycles. The summed E-state index contributed by atoms with van der Waals surface area (Å²) in [6, 6.07) is 16.3. The maximum Gasteiger partial charge on any atom is 0.0771 e. The molecule has 0 aliphatic rings. The largest absolute Gasteiger partial charge is 0.399 e. The number of benzene rings is 2. The SMILES string of the molecule is C[S@@](=O)(=Nc1ccccc1)c1ccc(N)cc1. The highest BCUT2D eigenvalue weighted by molar-refractivity contribution is 7.93. The Bertz CT molecular complexity index is 612. The van der Waals surface area contributed by atoms with Crippen LogP contribution in [0.3, 0.4) is 0 Å². The number of hydrogen-bond acceptors (Lipinski definition) is 3. The zero-order valence-electron chi connectivity index (χ0n) is 9.54. The molecular weight excluding hydrogens is 232 g/mol. The zero-order valence-corrected chi connectivity index (χ0v) is 10.4. The summed E-state index contributed by atoms with van der Waals surface area (Å²) < 4.78 is 16.7. The molecule has 0 saturated carbocycles. The Hall–Kier alpha value is -1.81. The van der Waals surface area contributed by atoms with Gasteiger partial charge in [0.15, 0.2) is 0 Å². The Labute approximate surface area is 101 Å². The highest BCUT2D eigenvalue weighted by Crippen LogP contribution is 2.19. The molecule has 2 rings (SSSR count). The Morgan fingerprint density at radius 3 is 2.18 bits per heavy atom. The number of anilines is 1. The van der Waals surface area contributed by atoms with Crippen LogP contribution in [0, 0.1) is 0 Å². The fraction of sp³-hybridized carbons (Fsp3) is 0.0769. The highest BCUT2D eigenvalue weighted by Gasteiger charge is 2.05. The van der Waals surface area contributed by atoms with Crippen LogP contribution < -0.4 is 5.73 Å². The average Bonchev–Trinajstić information content (AvgIpc) is 2.30. The zero-order chi connectivity index (χ0) is 12.3. The van der Waals surface area contributed by atoms with Crippen LogP contribution in [0.2, 0.25) is 0 Å². The lowest BCUT2D eigenvalue weighted by molar-refractivity contribution is 0.681. The summed E-state index contributed by atoms with van der Waals surface area (Å²) in [5, 5.41) is 0. The molecule has 2 aromatic carbocycles. The van der Waals surface area contributed by atoms with E-state index in [1.54, 1.807) is 30.5 Å². The van der Waals surface area contributed by atoms with Gasteiger partial charge in [0, 0.05) is 16.8 Å². The smallest absolute Gasteiger partial charge is 0.0771 e. The summed E-state index contributed by atoms with van der Waals surface area (Å²) in [7, 11) is -2.41. The lowest BCUT2D eigenvalue weighted by Gasteiger charge is -2.04. The predicted octanol–water partition coefficient (Wildman–Crippen LogP) is 3.06. The van der Waals surface area contributed by atoms with Crippen LogP contribution >= 0.6 is 0 Å². The first kappa shape index (κ1) is 11.7. The van der Waals surface area contributed by atoms with Crippen molar-refractivity contribution < 1.29 is 4.21 Å². The fourth-order valence-corrected chi connectivity index (χ4v) is 2.73. The Kier molecular flexibility index (Phi) is 3.15. The second kappa shape index (κ2) is 4.59. The summed E-state index contributed by atoms with van der Waals surface area (Å²) in [5.74, 6) is 0. The number of nitrogen functional groups attached to an aromatic ring is 1. The van der Waals surface area contributed by atoms with Gasteiger partial charge in [0.25, 0.3) is 0 Å². The lowest BCUT2D eigenvalue weighted by Crippen LogP contribution is -1.97. The van der Waals surface area contributed by atoms with Gasteiger partial charge in [-0.1, -0.05) is 18.2 Å². The van der Waals surface area contributed by atoms with Crippen LogP contribution in [-0.2, 0) is 9.73 Å². The first-order chi connectivity index (χ1) is 8.08.